The Morgan fingerprint density at radius 3 is 2.82 bits per heavy atom. The third-order valence-corrected chi connectivity index (χ3v) is 3.32. The van der Waals surface area contributed by atoms with E-state index in [1.54, 1.807) is 17.9 Å². The molecule has 1 fully saturated rings. The molecule has 1 heterocycles. The minimum absolute atomic E-state index is 0.0938. The zero-order chi connectivity index (χ0) is 12.6. The van der Waals surface area contributed by atoms with Gasteiger partial charge in [0.2, 0.25) is 0 Å². The van der Waals surface area contributed by atoms with Crippen molar-refractivity contribution in [2.24, 2.45) is 0 Å². The third kappa shape index (κ3) is 2.12. The van der Waals surface area contributed by atoms with E-state index in [1.165, 1.54) is 6.07 Å². The number of likely N-dealkylation sites (tertiary alicyclic amines) is 1. The van der Waals surface area contributed by atoms with Crippen LogP contribution in [-0.2, 0) is 0 Å². The first-order valence-corrected chi connectivity index (χ1v) is 5.87. The van der Waals surface area contributed by atoms with Crippen LogP contribution in [0.1, 0.15) is 35.7 Å². The molecule has 0 radical (unpaired) electrons. The molecule has 3 nitrogen and oxygen atoms in total. The normalized spacial score (nSPS) is 19.7. The van der Waals surface area contributed by atoms with E-state index in [1.807, 2.05) is 6.92 Å². The number of halogens is 1. The number of hydrogen-bond donors (Lipinski definition) is 1. The van der Waals surface area contributed by atoms with Gasteiger partial charge in [-0.25, -0.2) is 4.39 Å². The lowest BCUT2D eigenvalue weighted by atomic mass is 10.1. The molecule has 1 aliphatic heterocycles. The van der Waals surface area contributed by atoms with Crippen molar-refractivity contribution in [1.82, 2.24) is 4.90 Å². The average molecular weight is 236 g/mol. The predicted molar refractivity (Wildman–Crippen MR) is 65.3 cm³/mol. The predicted octanol–water partition coefficient (Wildman–Crippen LogP) is 2.34. The number of carbonyl (C=O) groups is 1. The van der Waals surface area contributed by atoms with E-state index in [-0.39, 0.29) is 17.5 Å². The van der Waals surface area contributed by atoms with Gasteiger partial charge < -0.3 is 10.6 Å². The van der Waals surface area contributed by atoms with Crippen LogP contribution in [-0.4, -0.2) is 23.4 Å². The largest absolute Gasteiger partial charge is 0.399 e. The molecule has 0 bridgehead atoms. The number of aryl methyl sites for hydroxylation is 1. The van der Waals surface area contributed by atoms with E-state index in [2.05, 4.69) is 0 Å². The molecular formula is C13H17FN2O. The topological polar surface area (TPSA) is 46.3 Å². The molecule has 0 aromatic heterocycles. The molecule has 1 aromatic rings. The summed E-state index contributed by atoms with van der Waals surface area (Å²) in [6.45, 7) is 4.31. The fourth-order valence-electron chi connectivity index (χ4n) is 2.34. The number of carbonyl (C=O) groups excluding carboxylic acids is 1. The van der Waals surface area contributed by atoms with E-state index < -0.39 is 5.82 Å². The number of amides is 1. The van der Waals surface area contributed by atoms with Crippen LogP contribution in [0.3, 0.4) is 0 Å². The van der Waals surface area contributed by atoms with Crippen LogP contribution >= 0.6 is 0 Å². The molecule has 1 atom stereocenters. The van der Waals surface area contributed by atoms with Gasteiger partial charge in [-0.1, -0.05) is 0 Å². The second-order valence-corrected chi connectivity index (χ2v) is 4.69. The molecule has 1 amide bonds. The van der Waals surface area contributed by atoms with Crippen LogP contribution in [0.15, 0.2) is 12.1 Å². The van der Waals surface area contributed by atoms with Crippen molar-refractivity contribution in [1.29, 1.82) is 0 Å². The Kier molecular flexibility index (Phi) is 3.05. The number of benzene rings is 1. The fourth-order valence-corrected chi connectivity index (χ4v) is 2.34. The van der Waals surface area contributed by atoms with Crippen molar-refractivity contribution in [3.05, 3.63) is 29.1 Å². The van der Waals surface area contributed by atoms with Gasteiger partial charge >= 0.3 is 0 Å². The highest BCUT2D eigenvalue weighted by Gasteiger charge is 2.28. The van der Waals surface area contributed by atoms with E-state index in [0.717, 1.165) is 12.8 Å². The van der Waals surface area contributed by atoms with Crippen LogP contribution in [0.4, 0.5) is 10.1 Å². The number of nitrogen functional groups attached to an aromatic ring is 1. The Bertz CT molecular complexity index is 459. The Hall–Kier alpha value is -1.58. The number of nitrogens with two attached hydrogens (primary N) is 1. The van der Waals surface area contributed by atoms with Crippen LogP contribution in [0.5, 0.6) is 0 Å². The standard InChI is InChI=1S/C13H17FN2O/c1-8-6-10(15)7-11(12(8)14)13(17)16-5-3-4-9(16)2/h6-7,9H,3-5,15H2,1-2H3. The van der Waals surface area contributed by atoms with Crippen LogP contribution in [0.25, 0.3) is 0 Å². The van der Waals surface area contributed by atoms with Gasteiger partial charge in [0.25, 0.3) is 5.91 Å². The van der Waals surface area contributed by atoms with Gasteiger partial charge in [0.15, 0.2) is 0 Å². The fraction of sp³-hybridized carbons (Fsp3) is 0.462. The molecule has 1 unspecified atom stereocenters. The summed E-state index contributed by atoms with van der Waals surface area (Å²) in [7, 11) is 0. The van der Waals surface area contributed by atoms with E-state index in [0.29, 0.717) is 17.8 Å². The third-order valence-electron chi connectivity index (χ3n) is 3.32. The van der Waals surface area contributed by atoms with Crippen molar-refractivity contribution < 1.29 is 9.18 Å². The highest BCUT2D eigenvalue weighted by atomic mass is 19.1. The molecular weight excluding hydrogens is 219 g/mol. The smallest absolute Gasteiger partial charge is 0.257 e. The summed E-state index contributed by atoms with van der Waals surface area (Å²) in [5.74, 6) is -0.703. The quantitative estimate of drug-likeness (QED) is 0.761. The molecule has 2 rings (SSSR count). The first-order chi connectivity index (χ1) is 8.00. The maximum atomic E-state index is 13.9. The lowest BCUT2D eigenvalue weighted by Gasteiger charge is -2.22. The summed E-state index contributed by atoms with van der Waals surface area (Å²) < 4.78 is 13.9. The minimum Gasteiger partial charge on any atom is -0.399 e. The molecule has 0 spiro atoms. The second-order valence-electron chi connectivity index (χ2n) is 4.69. The molecule has 4 heteroatoms. The van der Waals surface area contributed by atoms with Crippen molar-refractivity contribution in [2.75, 3.05) is 12.3 Å². The number of anilines is 1. The van der Waals surface area contributed by atoms with E-state index >= 15 is 0 Å². The van der Waals surface area contributed by atoms with Crippen molar-refractivity contribution in [3.8, 4) is 0 Å². The van der Waals surface area contributed by atoms with Crippen molar-refractivity contribution in [2.45, 2.75) is 32.7 Å². The first-order valence-electron chi connectivity index (χ1n) is 5.87. The zero-order valence-corrected chi connectivity index (χ0v) is 10.2. The summed E-state index contributed by atoms with van der Waals surface area (Å²) >= 11 is 0. The molecule has 92 valence electrons. The van der Waals surface area contributed by atoms with Gasteiger partial charge in [-0.2, -0.15) is 0 Å². The second kappa shape index (κ2) is 4.35. The molecule has 2 N–H and O–H groups in total. The number of hydrogen-bond acceptors (Lipinski definition) is 2. The lowest BCUT2D eigenvalue weighted by Crippen LogP contribution is -2.34. The van der Waals surface area contributed by atoms with E-state index in [9.17, 15) is 9.18 Å². The molecule has 1 saturated heterocycles. The van der Waals surface area contributed by atoms with Gasteiger partial charge in [-0.15, -0.1) is 0 Å². The highest BCUT2D eigenvalue weighted by Crippen LogP contribution is 2.23. The highest BCUT2D eigenvalue weighted by molar-refractivity contribution is 5.96. The molecule has 0 saturated carbocycles. The Morgan fingerprint density at radius 1 is 1.53 bits per heavy atom. The van der Waals surface area contributed by atoms with Crippen LogP contribution in [0.2, 0.25) is 0 Å². The Morgan fingerprint density at radius 2 is 2.24 bits per heavy atom. The molecule has 0 aliphatic carbocycles. The van der Waals surface area contributed by atoms with Gasteiger partial charge in [-0.05, 0) is 44.4 Å². The van der Waals surface area contributed by atoms with Crippen molar-refractivity contribution >= 4 is 11.6 Å². The van der Waals surface area contributed by atoms with Gasteiger partial charge in [0.1, 0.15) is 5.82 Å². The molecule has 17 heavy (non-hydrogen) atoms. The van der Waals surface area contributed by atoms with Crippen LogP contribution < -0.4 is 5.73 Å². The van der Waals surface area contributed by atoms with Crippen LogP contribution in [0, 0.1) is 12.7 Å². The number of nitrogens with zero attached hydrogens (tertiary/aromatic N) is 1. The number of rotatable bonds is 1. The lowest BCUT2D eigenvalue weighted by molar-refractivity contribution is 0.0742. The van der Waals surface area contributed by atoms with Gasteiger partial charge in [0, 0.05) is 18.3 Å². The maximum Gasteiger partial charge on any atom is 0.257 e. The Balaban J connectivity index is 2.37. The maximum absolute atomic E-state index is 13.9. The Labute approximate surface area is 100 Å². The zero-order valence-electron chi connectivity index (χ0n) is 10.2. The first kappa shape index (κ1) is 11.9. The summed E-state index contributed by atoms with van der Waals surface area (Å²) in [5.41, 5.74) is 6.60. The summed E-state index contributed by atoms with van der Waals surface area (Å²) in [6.07, 6.45) is 1.96. The SMILES string of the molecule is Cc1cc(N)cc(C(=O)N2CCCC2C)c1F. The summed E-state index contributed by atoms with van der Waals surface area (Å²) in [6, 6.07) is 3.15. The van der Waals surface area contributed by atoms with Gasteiger partial charge in [0.05, 0.1) is 5.56 Å². The summed E-state index contributed by atoms with van der Waals surface area (Å²) in [5, 5.41) is 0. The van der Waals surface area contributed by atoms with Crippen molar-refractivity contribution in [3.63, 3.8) is 0 Å². The van der Waals surface area contributed by atoms with Gasteiger partial charge in [-0.3, -0.25) is 4.79 Å². The molecule has 1 aliphatic rings. The average Bonchev–Trinajstić information content (AvgIpc) is 2.69. The minimum atomic E-state index is -0.455. The van der Waals surface area contributed by atoms with E-state index in [4.69, 9.17) is 5.73 Å². The monoisotopic (exact) mass is 236 g/mol. The molecule has 1 aromatic carbocycles. The summed E-state index contributed by atoms with van der Waals surface area (Å²) in [4.78, 5) is 13.9.